The molecule has 0 unspecified atom stereocenters. The van der Waals surface area contributed by atoms with Crippen LogP contribution in [0.4, 0.5) is 0 Å². The van der Waals surface area contributed by atoms with Gasteiger partial charge in [0.15, 0.2) is 0 Å². The highest BCUT2D eigenvalue weighted by Crippen LogP contribution is 2.34. The molecule has 17 heavy (non-hydrogen) atoms. The van der Waals surface area contributed by atoms with Gasteiger partial charge in [0, 0.05) is 46.3 Å². The summed E-state index contributed by atoms with van der Waals surface area (Å²) >= 11 is 0. The van der Waals surface area contributed by atoms with Gasteiger partial charge in [0.1, 0.15) is 5.60 Å². The van der Waals surface area contributed by atoms with Crippen LogP contribution in [0.2, 0.25) is 0 Å². The van der Waals surface area contributed by atoms with Crippen LogP contribution in [-0.2, 0) is 15.1 Å². The van der Waals surface area contributed by atoms with Gasteiger partial charge in [-0.25, -0.2) is 0 Å². The van der Waals surface area contributed by atoms with E-state index in [1.54, 1.807) is 7.11 Å². The number of nitrogens with one attached hydrogen (secondary N) is 1. The van der Waals surface area contributed by atoms with Crippen molar-refractivity contribution in [2.45, 2.75) is 24.4 Å². The molecule has 0 atom stereocenters. The Labute approximate surface area is 99.7 Å². The van der Waals surface area contributed by atoms with Gasteiger partial charge in [-0.3, -0.25) is 0 Å². The van der Waals surface area contributed by atoms with Gasteiger partial charge in [-0.1, -0.05) is 5.16 Å². The maximum Gasteiger partial charge on any atom is 0.232 e. The molecular weight excluding hydrogens is 222 g/mol. The highest BCUT2D eigenvalue weighted by molar-refractivity contribution is 5.07. The van der Waals surface area contributed by atoms with E-state index in [9.17, 15) is 0 Å². The van der Waals surface area contributed by atoms with E-state index in [-0.39, 0.29) is 0 Å². The van der Waals surface area contributed by atoms with Gasteiger partial charge in [-0.05, 0) is 0 Å². The Kier molecular flexibility index (Phi) is 2.85. The fourth-order valence-electron chi connectivity index (χ4n) is 2.27. The lowest BCUT2D eigenvalue weighted by Gasteiger charge is -2.32. The molecule has 2 aliphatic heterocycles. The predicted octanol–water partition coefficient (Wildman–Crippen LogP) is 0.408. The van der Waals surface area contributed by atoms with E-state index in [0.717, 1.165) is 31.8 Å². The van der Waals surface area contributed by atoms with Gasteiger partial charge >= 0.3 is 0 Å². The Balaban J connectivity index is 1.82. The van der Waals surface area contributed by atoms with Gasteiger partial charge in [-0.2, -0.15) is 4.98 Å². The van der Waals surface area contributed by atoms with Crippen LogP contribution < -0.4 is 5.32 Å². The van der Waals surface area contributed by atoms with Crippen molar-refractivity contribution in [2.75, 3.05) is 33.4 Å². The average Bonchev–Trinajstić information content (AvgIpc) is 2.77. The van der Waals surface area contributed by atoms with E-state index < -0.39 is 5.60 Å². The van der Waals surface area contributed by atoms with Crippen molar-refractivity contribution in [2.24, 2.45) is 0 Å². The fraction of sp³-hybridized carbons (Fsp3) is 0.818. The van der Waals surface area contributed by atoms with Crippen molar-refractivity contribution in [3.63, 3.8) is 0 Å². The molecule has 0 bridgehead atoms. The third-order valence-corrected chi connectivity index (χ3v) is 3.67. The van der Waals surface area contributed by atoms with Crippen LogP contribution in [0, 0.1) is 0 Å². The highest BCUT2D eigenvalue weighted by Gasteiger charge is 2.40. The standard InChI is InChI=1S/C11H17N3O3/c1-15-11(2-4-16-5-3-11)10-13-9(17-14-10)8-6-12-7-8/h8,12H,2-7H2,1H3. The van der Waals surface area contributed by atoms with Crippen molar-refractivity contribution < 1.29 is 14.0 Å². The molecule has 1 aromatic heterocycles. The lowest BCUT2D eigenvalue weighted by molar-refractivity contribution is -0.101. The number of hydrogen-bond donors (Lipinski definition) is 1. The van der Waals surface area contributed by atoms with Crippen LogP contribution in [0.3, 0.4) is 0 Å². The lowest BCUT2D eigenvalue weighted by atomic mass is 9.93. The van der Waals surface area contributed by atoms with Crippen LogP contribution in [0.1, 0.15) is 30.5 Å². The summed E-state index contributed by atoms with van der Waals surface area (Å²) in [4.78, 5) is 4.50. The molecule has 0 saturated carbocycles. The SMILES string of the molecule is COC1(c2noc(C3CNC3)n2)CCOCC1. The Bertz CT molecular complexity index is 383. The van der Waals surface area contributed by atoms with E-state index in [0.29, 0.717) is 25.0 Å². The lowest BCUT2D eigenvalue weighted by Crippen LogP contribution is -2.40. The first-order chi connectivity index (χ1) is 8.34. The maximum absolute atomic E-state index is 5.63. The summed E-state index contributed by atoms with van der Waals surface area (Å²) in [5, 5.41) is 7.28. The second-order valence-corrected chi connectivity index (χ2v) is 4.62. The van der Waals surface area contributed by atoms with Gasteiger partial charge in [0.25, 0.3) is 0 Å². The van der Waals surface area contributed by atoms with Gasteiger partial charge in [0.2, 0.25) is 11.7 Å². The molecule has 0 radical (unpaired) electrons. The van der Waals surface area contributed by atoms with E-state index >= 15 is 0 Å². The van der Waals surface area contributed by atoms with Crippen molar-refractivity contribution in [1.82, 2.24) is 15.5 Å². The quantitative estimate of drug-likeness (QED) is 0.823. The fourth-order valence-corrected chi connectivity index (χ4v) is 2.27. The Morgan fingerprint density at radius 3 is 2.71 bits per heavy atom. The number of ether oxygens (including phenoxy) is 2. The van der Waals surface area contributed by atoms with Crippen molar-refractivity contribution >= 4 is 0 Å². The number of rotatable bonds is 3. The van der Waals surface area contributed by atoms with E-state index in [4.69, 9.17) is 14.0 Å². The zero-order valence-electron chi connectivity index (χ0n) is 9.94. The van der Waals surface area contributed by atoms with Gasteiger partial charge in [-0.15, -0.1) is 0 Å². The minimum Gasteiger partial charge on any atom is -0.381 e. The van der Waals surface area contributed by atoms with Gasteiger partial charge in [0.05, 0.1) is 5.92 Å². The zero-order chi connectivity index (χ0) is 11.7. The van der Waals surface area contributed by atoms with Crippen LogP contribution >= 0.6 is 0 Å². The smallest absolute Gasteiger partial charge is 0.232 e. The maximum atomic E-state index is 5.63. The summed E-state index contributed by atoms with van der Waals surface area (Å²) in [5.41, 5.74) is -0.419. The molecule has 6 heteroatoms. The summed E-state index contributed by atoms with van der Waals surface area (Å²) in [5.74, 6) is 1.76. The minimum absolute atomic E-state index is 0.366. The van der Waals surface area contributed by atoms with Crippen LogP contribution in [0.5, 0.6) is 0 Å². The topological polar surface area (TPSA) is 69.4 Å². The molecule has 3 rings (SSSR count). The van der Waals surface area contributed by atoms with E-state index in [1.807, 2.05) is 0 Å². The molecule has 1 aromatic rings. The molecule has 0 aromatic carbocycles. The van der Waals surface area contributed by atoms with Crippen molar-refractivity contribution in [1.29, 1.82) is 0 Å². The third-order valence-electron chi connectivity index (χ3n) is 3.67. The number of methoxy groups -OCH3 is 1. The summed E-state index contributed by atoms with van der Waals surface area (Å²) in [7, 11) is 1.70. The summed E-state index contributed by atoms with van der Waals surface area (Å²) in [6, 6.07) is 0. The summed E-state index contributed by atoms with van der Waals surface area (Å²) in [6.45, 7) is 3.21. The number of aromatic nitrogens is 2. The normalized spacial score (nSPS) is 24.5. The summed E-state index contributed by atoms with van der Waals surface area (Å²) < 4.78 is 16.3. The summed E-state index contributed by atoms with van der Waals surface area (Å²) in [6.07, 6.45) is 1.57. The zero-order valence-corrected chi connectivity index (χ0v) is 9.94. The molecule has 6 nitrogen and oxygen atoms in total. The molecule has 2 saturated heterocycles. The predicted molar refractivity (Wildman–Crippen MR) is 58.6 cm³/mol. The second-order valence-electron chi connectivity index (χ2n) is 4.62. The molecule has 0 spiro atoms. The van der Waals surface area contributed by atoms with Crippen molar-refractivity contribution in [3.8, 4) is 0 Å². The van der Waals surface area contributed by atoms with E-state index in [1.165, 1.54) is 0 Å². The molecule has 94 valence electrons. The Hall–Kier alpha value is -0.980. The van der Waals surface area contributed by atoms with Crippen molar-refractivity contribution in [3.05, 3.63) is 11.7 Å². The van der Waals surface area contributed by atoms with Crippen LogP contribution in [0.15, 0.2) is 4.52 Å². The van der Waals surface area contributed by atoms with Crippen LogP contribution in [-0.4, -0.2) is 43.6 Å². The minimum atomic E-state index is -0.419. The Morgan fingerprint density at radius 2 is 2.12 bits per heavy atom. The molecule has 2 aliphatic rings. The average molecular weight is 239 g/mol. The second kappa shape index (κ2) is 4.36. The number of nitrogens with zero attached hydrogens (tertiary/aromatic N) is 2. The third kappa shape index (κ3) is 1.86. The molecular formula is C11H17N3O3. The number of hydrogen-bond acceptors (Lipinski definition) is 6. The molecule has 0 amide bonds. The molecule has 1 N–H and O–H groups in total. The first-order valence-electron chi connectivity index (χ1n) is 6.02. The molecule has 0 aliphatic carbocycles. The van der Waals surface area contributed by atoms with E-state index in [2.05, 4.69) is 15.5 Å². The van der Waals surface area contributed by atoms with Crippen LogP contribution in [0.25, 0.3) is 0 Å². The van der Waals surface area contributed by atoms with Gasteiger partial charge < -0.3 is 19.3 Å². The first-order valence-corrected chi connectivity index (χ1v) is 6.02. The molecule has 2 fully saturated rings. The monoisotopic (exact) mass is 239 g/mol. The Morgan fingerprint density at radius 1 is 1.35 bits per heavy atom. The highest BCUT2D eigenvalue weighted by atomic mass is 16.5. The molecule has 3 heterocycles. The largest absolute Gasteiger partial charge is 0.381 e. The first kappa shape index (κ1) is 11.1.